The highest BCUT2D eigenvalue weighted by Gasteiger charge is 2.44. The van der Waals surface area contributed by atoms with Gasteiger partial charge in [0.1, 0.15) is 23.8 Å². The molecule has 1 aromatic heterocycles. The monoisotopic (exact) mass is 415 g/mol. The second kappa shape index (κ2) is 8.03. The van der Waals surface area contributed by atoms with Crippen LogP contribution in [0.5, 0.6) is 5.75 Å². The normalized spacial score (nSPS) is 24.1. The zero-order chi connectivity index (χ0) is 20.5. The van der Waals surface area contributed by atoms with Gasteiger partial charge in [-0.3, -0.25) is 4.57 Å². The summed E-state index contributed by atoms with van der Waals surface area (Å²) in [5, 5.41) is 21.7. The van der Waals surface area contributed by atoms with Gasteiger partial charge in [-0.25, -0.2) is 4.79 Å². The molecule has 1 aliphatic heterocycles. The largest absolute Gasteiger partial charge is 0.497 e. The van der Waals surface area contributed by atoms with Crippen molar-refractivity contribution >= 4 is 28.5 Å². The zero-order valence-corrected chi connectivity index (χ0v) is 16.5. The molecule has 3 aromatic rings. The van der Waals surface area contributed by atoms with Gasteiger partial charge in [0.15, 0.2) is 6.23 Å². The zero-order valence-electron chi connectivity index (χ0n) is 15.6. The number of ether oxygens (including phenoxy) is 2. The van der Waals surface area contributed by atoms with Crippen molar-refractivity contribution in [3.8, 4) is 5.75 Å². The number of benzene rings is 2. The lowest BCUT2D eigenvalue weighted by Gasteiger charge is -2.20. The van der Waals surface area contributed by atoms with Gasteiger partial charge in [-0.05, 0) is 36.4 Å². The Bertz CT molecular complexity index is 1070. The number of nitrogens with zero attached hydrogens (tertiary/aromatic N) is 2. The van der Waals surface area contributed by atoms with E-state index in [1.807, 2.05) is 24.3 Å². The number of hydrogen-bond acceptors (Lipinski definition) is 8. The third-order valence-electron chi connectivity index (χ3n) is 4.93. The van der Waals surface area contributed by atoms with Crippen LogP contribution in [0, 0.1) is 0 Å². The standard InChI is InChI=1S/C20H21N3O5S/c1-27-11-6-8-12(9-7-11)29-10-15-16(24)17(25)19(28-15)23-14-5-3-2-4-13(14)18(21)22-20(23)26/h2-9,15-17,19,24-25H,10H2,1H3,(H2,21,22,26)/t15-,16-,17-,19-/m1/s1. The van der Waals surface area contributed by atoms with Gasteiger partial charge in [-0.15, -0.1) is 11.8 Å². The maximum atomic E-state index is 12.5. The molecule has 4 N–H and O–H groups in total. The van der Waals surface area contributed by atoms with Crippen molar-refractivity contribution in [2.45, 2.75) is 29.4 Å². The van der Waals surface area contributed by atoms with E-state index in [1.54, 1.807) is 31.4 Å². The molecule has 0 aliphatic carbocycles. The lowest BCUT2D eigenvalue weighted by molar-refractivity contribution is -0.0310. The highest BCUT2D eigenvalue weighted by molar-refractivity contribution is 7.99. The number of methoxy groups -OCH3 is 1. The van der Waals surface area contributed by atoms with Crippen molar-refractivity contribution in [3.63, 3.8) is 0 Å². The molecule has 9 heteroatoms. The van der Waals surface area contributed by atoms with E-state index in [0.29, 0.717) is 16.7 Å². The van der Waals surface area contributed by atoms with Crippen molar-refractivity contribution in [2.75, 3.05) is 18.6 Å². The number of hydrogen-bond donors (Lipinski definition) is 3. The number of nitrogen functional groups attached to an aromatic ring is 1. The smallest absolute Gasteiger partial charge is 0.352 e. The first-order valence-electron chi connectivity index (χ1n) is 9.05. The highest BCUT2D eigenvalue weighted by Crippen LogP contribution is 2.34. The fourth-order valence-corrected chi connectivity index (χ4v) is 4.36. The minimum atomic E-state index is -1.28. The van der Waals surface area contributed by atoms with Crippen molar-refractivity contribution in [1.29, 1.82) is 0 Å². The predicted molar refractivity (Wildman–Crippen MR) is 110 cm³/mol. The van der Waals surface area contributed by atoms with Crippen LogP contribution in [0.25, 0.3) is 10.9 Å². The van der Waals surface area contributed by atoms with Crippen LogP contribution in [0.2, 0.25) is 0 Å². The Kier molecular flexibility index (Phi) is 5.46. The van der Waals surface area contributed by atoms with Crippen molar-refractivity contribution < 1.29 is 19.7 Å². The van der Waals surface area contributed by atoms with Crippen LogP contribution in [0.3, 0.4) is 0 Å². The molecular weight excluding hydrogens is 394 g/mol. The number of nitrogens with two attached hydrogens (primary N) is 1. The van der Waals surface area contributed by atoms with E-state index in [4.69, 9.17) is 15.2 Å². The lowest BCUT2D eigenvalue weighted by atomic mass is 10.1. The number of aliphatic hydroxyl groups excluding tert-OH is 2. The first-order valence-corrected chi connectivity index (χ1v) is 10.0. The SMILES string of the molecule is COc1ccc(SC[C@H]2O[C@@H](n3c(=O)nc(N)c4ccccc43)[C@H](O)[C@@H]2O)cc1. The fourth-order valence-electron chi connectivity index (χ4n) is 3.40. The summed E-state index contributed by atoms with van der Waals surface area (Å²) in [4.78, 5) is 17.3. The minimum Gasteiger partial charge on any atom is -0.497 e. The summed E-state index contributed by atoms with van der Waals surface area (Å²) in [5.41, 5.74) is 5.71. The van der Waals surface area contributed by atoms with Crippen LogP contribution in [0.15, 0.2) is 58.2 Å². The minimum absolute atomic E-state index is 0.112. The van der Waals surface area contributed by atoms with E-state index >= 15 is 0 Å². The first kappa shape index (κ1) is 19.7. The van der Waals surface area contributed by atoms with Gasteiger partial charge < -0.3 is 25.4 Å². The van der Waals surface area contributed by atoms with Gasteiger partial charge in [-0.1, -0.05) is 12.1 Å². The fraction of sp³-hybridized carbons (Fsp3) is 0.300. The summed E-state index contributed by atoms with van der Waals surface area (Å²) in [6, 6.07) is 14.5. The molecule has 4 rings (SSSR count). The van der Waals surface area contributed by atoms with Crippen LogP contribution in [0.1, 0.15) is 6.23 Å². The summed E-state index contributed by atoms with van der Waals surface area (Å²) >= 11 is 1.48. The molecule has 0 unspecified atom stereocenters. The molecule has 8 nitrogen and oxygen atoms in total. The Morgan fingerprint density at radius 1 is 1.17 bits per heavy atom. The third kappa shape index (κ3) is 3.69. The molecule has 29 heavy (non-hydrogen) atoms. The predicted octanol–water partition coefficient (Wildman–Crippen LogP) is 1.40. The summed E-state index contributed by atoms with van der Waals surface area (Å²) < 4.78 is 12.3. The van der Waals surface area contributed by atoms with E-state index in [0.717, 1.165) is 10.6 Å². The summed E-state index contributed by atoms with van der Waals surface area (Å²) in [7, 11) is 1.60. The summed E-state index contributed by atoms with van der Waals surface area (Å²) in [6.07, 6.45) is -4.14. The molecular formula is C20H21N3O5S. The summed E-state index contributed by atoms with van der Waals surface area (Å²) in [6.45, 7) is 0. The van der Waals surface area contributed by atoms with E-state index in [9.17, 15) is 15.0 Å². The number of anilines is 1. The van der Waals surface area contributed by atoms with Crippen LogP contribution in [-0.2, 0) is 4.74 Å². The number of thioether (sulfide) groups is 1. The number of aromatic nitrogens is 2. The van der Waals surface area contributed by atoms with Crippen molar-refractivity contribution in [3.05, 3.63) is 59.0 Å². The Morgan fingerprint density at radius 3 is 2.62 bits per heavy atom. The molecule has 1 saturated heterocycles. The van der Waals surface area contributed by atoms with Crippen molar-refractivity contribution in [1.82, 2.24) is 9.55 Å². The Labute approximate surface area is 170 Å². The average Bonchev–Trinajstić information content (AvgIpc) is 3.01. The highest BCUT2D eigenvalue weighted by atomic mass is 32.2. The molecule has 0 amide bonds. The number of fused-ring (bicyclic) bond motifs is 1. The van der Waals surface area contributed by atoms with Crippen LogP contribution >= 0.6 is 11.8 Å². The molecule has 0 spiro atoms. The molecule has 0 saturated carbocycles. The Balaban J connectivity index is 1.57. The summed E-state index contributed by atoms with van der Waals surface area (Å²) in [5.74, 6) is 1.27. The Morgan fingerprint density at radius 2 is 1.90 bits per heavy atom. The molecule has 0 bridgehead atoms. The lowest BCUT2D eigenvalue weighted by Crippen LogP contribution is -2.36. The molecule has 1 aliphatic rings. The topological polar surface area (TPSA) is 120 Å². The average molecular weight is 415 g/mol. The van der Waals surface area contributed by atoms with E-state index in [2.05, 4.69) is 4.98 Å². The first-order chi connectivity index (χ1) is 14.0. The van der Waals surface area contributed by atoms with Gasteiger partial charge in [0.25, 0.3) is 0 Å². The third-order valence-corrected chi connectivity index (χ3v) is 6.03. The van der Waals surface area contributed by atoms with Crippen LogP contribution in [-0.4, -0.2) is 50.9 Å². The van der Waals surface area contributed by atoms with Crippen LogP contribution in [0.4, 0.5) is 5.82 Å². The van der Waals surface area contributed by atoms with E-state index in [1.165, 1.54) is 16.3 Å². The molecule has 1 fully saturated rings. The van der Waals surface area contributed by atoms with E-state index in [-0.39, 0.29) is 5.82 Å². The second-order valence-electron chi connectivity index (χ2n) is 6.70. The number of para-hydroxylation sites is 1. The quantitative estimate of drug-likeness (QED) is 0.535. The Hall–Kier alpha value is -2.59. The molecule has 4 atom stereocenters. The maximum absolute atomic E-state index is 12.5. The molecule has 0 radical (unpaired) electrons. The molecule has 152 valence electrons. The van der Waals surface area contributed by atoms with Crippen molar-refractivity contribution in [2.24, 2.45) is 0 Å². The van der Waals surface area contributed by atoms with Gasteiger partial charge in [0.2, 0.25) is 0 Å². The van der Waals surface area contributed by atoms with Gasteiger partial charge in [0.05, 0.1) is 18.7 Å². The molecule has 2 aromatic carbocycles. The molecule has 2 heterocycles. The van der Waals surface area contributed by atoms with Gasteiger partial charge in [-0.2, -0.15) is 4.98 Å². The van der Waals surface area contributed by atoms with E-state index < -0.39 is 30.2 Å². The number of aliphatic hydroxyl groups is 2. The second-order valence-corrected chi connectivity index (χ2v) is 7.79. The maximum Gasteiger partial charge on any atom is 0.352 e. The van der Waals surface area contributed by atoms with Crippen LogP contribution < -0.4 is 16.2 Å². The van der Waals surface area contributed by atoms with Gasteiger partial charge >= 0.3 is 5.69 Å². The number of rotatable bonds is 5. The van der Waals surface area contributed by atoms with Gasteiger partial charge in [0, 0.05) is 16.0 Å².